The molecule has 0 fully saturated rings. The average molecular weight is 230 g/mol. The minimum Gasteiger partial charge on any atom is -0.383 e. The van der Waals surface area contributed by atoms with E-state index < -0.39 is 0 Å². The Kier molecular flexibility index (Phi) is 3.18. The number of aromatic nitrogens is 3. The number of nitrogens with two attached hydrogens (primary N) is 1. The summed E-state index contributed by atoms with van der Waals surface area (Å²) in [5.41, 5.74) is 7.31. The predicted molar refractivity (Wildman–Crippen MR) is 64.6 cm³/mol. The highest BCUT2D eigenvalue weighted by Gasteiger charge is 2.10. The molecule has 0 aromatic carbocycles. The van der Waals surface area contributed by atoms with E-state index in [2.05, 4.69) is 10.1 Å². The van der Waals surface area contributed by atoms with Gasteiger partial charge in [0.2, 0.25) is 5.91 Å². The van der Waals surface area contributed by atoms with E-state index in [-0.39, 0.29) is 5.91 Å². The van der Waals surface area contributed by atoms with E-state index in [1.807, 2.05) is 18.2 Å². The van der Waals surface area contributed by atoms with Gasteiger partial charge >= 0.3 is 0 Å². The van der Waals surface area contributed by atoms with Crippen LogP contribution >= 0.6 is 0 Å². The summed E-state index contributed by atoms with van der Waals surface area (Å²) in [7, 11) is 0. The van der Waals surface area contributed by atoms with E-state index in [1.54, 1.807) is 19.2 Å². The number of rotatable bonds is 3. The molecule has 2 rings (SSSR count). The normalized spacial score (nSPS) is 10.4. The van der Waals surface area contributed by atoms with Crippen LogP contribution in [0.1, 0.15) is 22.6 Å². The van der Waals surface area contributed by atoms with Crippen LogP contribution in [0.5, 0.6) is 0 Å². The fourth-order valence-corrected chi connectivity index (χ4v) is 1.61. The van der Waals surface area contributed by atoms with E-state index in [0.717, 1.165) is 11.4 Å². The fourth-order valence-electron chi connectivity index (χ4n) is 1.61. The van der Waals surface area contributed by atoms with Crippen molar-refractivity contribution in [3.05, 3.63) is 41.9 Å². The zero-order valence-electron chi connectivity index (χ0n) is 9.63. The van der Waals surface area contributed by atoms with Gasteiger partial charge in [-0.05, 0) is 25.5 Å². The molecule has 0 aliphatic rings. The Morgan fingerprint density at radius 2 is 2.29 bits per heavy atom. The minimum absolute atomic E-state index is 0.110. The van der Waals surface area contributed by atoms with Gasteiger partial charge in [0.1, 0.15) is 5.82 Å². The fraction of sp³-hybridized carbons (Fsp3) is 0.250. The third-order valence-corrected chi connectivity index (χ3v) is 2.42. The van der Waals surface area contributed by atoms with Gasteiger partial charge in [-0.1, -0.05) is 6.07 Å². The maximum Gasteiger partial charge on any atom is 0.249 e. The maximum atomic E-state index is 11.8. The van der Waals surface area contributed by atoms with Crippen LogP contribution in [0, 0.1) is 6.92 Å². The number of hydrogen-bond donors (Lipinski definition) is 1. The smallest absolute Gasteiger partial charge is 0.249 e. The molecule has 0 saturated carbocycles. The Balaban J connectivity index is 2.01. The molecule has 0 aliphatic heterocycles. The SMILES string of the molecule is Cc1cc(N)n(C(=O)CCc2ccccn2)n1. The van der Waals surface area contributed by atoms with Crippen molar-refractivity contribution in [2.45, 2.75) is 19.8 Å². The quantitative estimate of drug-likeness (QED) is 0.865. The number of carbonyl (C=O) groups is 1. The van der Waals surface area contributed by atoms with Crippen molar-refractivity contribution in [1.29, 1.82) is 0 Å². The molecular formula is C12H14N4O. The van der Waals surface area contributed by atoms with Crippen LogP contribution in [-0.4, -0.2) is 20.7 Å². The first-order chi connectivity index (χ1) is 8.16. The Morgan fingerprint density at radius 3 is 2.88 bits per heavy atom. The monoisotopic (exact) mass is 230 g/mol. The van der Waals surface area contributed by atoms with Crippen LogP contribution in [-0.2, 0) is 6.42 Å². The van der Waals surface area contributed by atoms with Gasteiger partial charge in [0, 0.05) is 24.4 Å². The lowest BCUT2D eigenvalue weighted by Gasteiger charge is -2.02. The van der Waals surface area contributed by atoms with Crippen LogP contribution in [0.3, 0.4) is 0 Å². The van der Waals surface area contributed by atoms with Crippen molar-refractivity contribution >= 4 is 11.7 Å². The van der Waals surface area contributed by atoms with Gasteiger partial charge < -0.3 is 5.73 Å². The first-order valence-corrected chi connectivity index (χ1v) is 5.42. The molecule has 0 radical (unpaired) electrons. The number of nitrogen functional groups attached to an aromatic ring is 1. The van der Waals surface area contributed by atoms with Crippen molar-refractivity contribution in [1.82, 2.24) is 14.8 Å². The summed E-state index contributed by atoms with van der Waals surface area (Å²) in [6, 6.07) is 7.32. The molecule has 0 spiro atoms. The molecule has 5 heteroatoms. The summed E-state index contributed by atoms with van der Waals surface area (Å²) < 4.78 is 1.25. The zero-order valence-corrected chi connectivity index (χ0v) is 9.63. The second kappa shape index (κ2) is 4.78. The van der Waals surface area contributed by atoms with Crippen LogP contribution in [0.25, 0.3) is 0 Å². The van der Waals surface area contributed by atoms with Crippen LogP contribution < -0.4 is 5.73 Å². The average Bonchev–Trinajstić information content (AvgIpc) is 2.67. The molecule has 2 aromatic heterocycles. The zero-order chi connectivity index (χ0) is 12.3. The number of hydrogen-bond acceptors (Lipinski definition) is 4. The van der Waals surface area contributed by atoms with E-state index in [0.29, 0.717) is 18.7 Å². The van der Waals surface area contributed by atoms with Gasteiger partial charge in [0.25, 0.3) is 0 Å². The van der Waals surface area contributed by atoms with Gasteiger partial charge in [-0.15, -0.1) is 0 Å². The van der Waals surface area contributed by atoms with Gasteiger partial charge in [-0.2, -0.15) is 9.78 Å². The highest BCUT2D eigenvalue weighted by Crippen LogP contribution is 2.07. The number of anilines is 1. The maximum absolute atomic E-state index is 11.8. The third kappa shape index (κ3) is 2.69. The second-order valence-corrected chi connectivity index (χ2v) is 3.84. The lowest BCUT2D eigenvalue weighted by Crippen LogP contribution is -2.15. The molecule has 2 aromatic rings. The largest absolute Gasteiger partial charge is 0.383 e. The van der Waals surface area contributed by atoms with Crippen molar-refractivity contribution in [2.75, 3.05) is 5.73 Å². The first-order valence-electron chi connectivity index (χ1n) is 5.42. The summed E-state index contributed by atoms with van der Waals surface area (Å²) >= 11 is 0. The summed E-state index contributed by atoms with van der Waals surface area (Å²) in [4.78, 5) is 16.0. The van der Waals surface area contributed by atoms with Crippen LogP contribution in [0.4, 0.5) is 5.82 Å². The third-order valence-electron chi connectivity index (χ3n) is 2.42. The summed E-state index contributed by atoms with van der Waals surface area (Å²) in [6.45, 7) is 1.80. The highest BCUT2D eigenvalue weighted by molar-refractivity contribution is 5.81. The number of aryl methyl sites for hydroxylation is 2. The number of nitrogens with zero attached hydrogens (tertiary/aromatic N) is 3. The second-order valence-electron chi connectivity index (χ2n) is 3.84. The summed E-state index contributed by atoms with van der Waals surface area (Å²) in [5, 5.41) is 4.04. The van der Waals surface area contributed by atoms with Crippen molar-refractivity contribution < 1.29 is 4.79 Å². The van der Waals surface area contributed by atoms with Crippen molar-refractivity contribution in [3.8, 4) is 0 Å². The van der Waals surface area contributed by atoms with Gasteiger partial charge in [0.15, 0.2) is 0 Å². The molecule has 0 bridgehead atoms. The van der Waals surface area contributed by atoms with Crippen LogP contribution in [0.15, 0.2) is 30.5 Å². The highest BCUT2D eigenvalue weighted by atomic mass is 16.2. The van der Waals surface area contributed by atoms with Crippen molar-refractivity contribution in [2.24, 2.45) is 0 Å². The molecule has 0 saturated heterocycles. The lowest BCUT2D eigenvalue weighted by molar-refractivity contribution is 0.0889. The van der Waals surface area contributed by atoms with Gasteiger partial charge in [0.05, 0.1) is 5.69 Å². The molecule has 2 N–H and O–H groups in total. The summed E-state index contributed by atoms with van der Waals surface area (Å²) in [6.07, 6.45) is 2.66. The summed E-state index contributed by atoms with van der Waals surface area (Å²) in [5.74, 6) is 0.273. The minimum atomic E-state index is -0.110. The van der Waals surface area contributed by atoms with E-state index >= 15 is 0 Å². The van der Waals surface area contributed by atoms with E-state index in [4.69, 9.17) is 5.73 Å². The molecule has 5 nitrogen and oxygen atoms in total. The van der Waals surface area contributed by atoms with E-state index in [1.165, 1.54) is 4.68 Å². The molecule has 0 atom stereocenters. The Morgan fingerprint density at radius 1 is 1.47 bits per heavy atom. The Hall–Kier alpha value is -2.17. The Labute approximate surface area is 99.3 Å². The molecule has 88 valence electrons. The Bertz CT molecular complexity index is 519. The molecule has 0 amide bonds. The molecular weight excluding hydrogens is 216 g/mol. The topological polar surface area (TPSA) is 73.8 Å². The van der Waals surface area contributed by atoms with E-state index in [9.17, 15) is 4.79 Å². The lowest BCUT2D eigenvalue weighted by atomic mass is 10.2. The number of pyridine rings is 1. The molecule has 17 heavy (non-hydrogen) atoms. The predicted octanol–water partition coefficient (Wildman–Crippen LogP) is 1.44. The van der Waals surface area contributed by atoms with Crippen LogP contribution in [0.2, 0.25) is 0 Å². The molecule has 2 heterocycles. The number of carbonyl (C=O) groups excluding carboxylic acids is 1. The van der Waals surface area contributed by atoms with Gasteiger partial charge in [-0.3, -0.25) is 9.78 Å². The van der Waals surface area contributed by atoms with Crippen molar-refractivity contribution in [3.63, 3.8) is 0 Å². The molecule has 0 aliphatic carbocycles. The molecule has 0 unspecified atom stereocenters. The van der Waals surface area contributed by atoms with Gasteiger partial charge in [-0.25, -0.2) is 0 Å². The first kappa shape index (κ1) is 11.3. The standard InChI is InChI=1S/C12H14N4O/c1-9-8-11(13)16(15-9)12(17)6-5-10-4-2-3-7-14-10/h2-4,7-8H,5-6,13H2,1H3.